The van der Waals surface area contributed by atoms with Gasteiger partial charge in [-0.3, -0.25) is 6.42 Å². The van der Waals surface area contributed by atoms with Gasteiger partial charge >= 0.3 is 20.4 Å². The maximum absolute atomic E-state index is 2.79. The normalized spacial score (nSPS) is 28.8. The average Bonchev–Trinajstić information content (AvgIpc) is 3.01. The zero-order valence-corrected chi connectivity index (χ0v) is 30.4. The minimum Gasteiger partial charge on any atom is -0.358 e. The van der Waals surface area contributed by atoms with Gasteiger partial charge in [-0.25, -0.2) is 0 Å². The maximum Gasteiger partial charge on any atom is 2.00 e. The zero-order chi connectivity index (χ0) is 25.8. The largest absolute Gasteiger partial charge is 2.00 e. The minimum absolute atomic E-state index is 0. The molecule has 6 aliphatic rings. The molecule has 40 heavy (non-hydrogen) atoms. The molecule has 6 aliphatic carbocycles. The fourth-order valence-corrected chi connectivity index (χ4v) is 20.6. The molecule has 0 amide bonds. The van der Waals surface area contributed by atoms with E-state index in [0.717, 1.165) is 5.66 Å². The van der Waals surface area contributed by atoms with Crippen LogP contribution < -0.4 is 0 Å². The fraction of sp³-hybridized carbons (Fsp3) is 0.946. The van der Waals surface area contributed by atoms with Gasteiger partial charge in [-0.05, 0) is 148 Å². The van der Waals surface area contributed by atoms with E-state index in [1.54, 1.807) is 154 Å². The van der Waals surface area contributed by atoms with Crippen molar-refractivity contribution in [3.05, 3.63) is 13.8 Å². The Labute approximate surface area is 269 Å². The van der Waals surface area contributed by atoms with Crippen molar-refractivity contribution < 1.29 is 20.4 Å². The van der Waals surface area contributed by atoms with Crippen LogP contribution in [0.3, 0.4) is 0 Å². The van der Waals surface area contributed by atoms with E-state index in [0.29, 0.717) is 0 Å². The molecule has 0 saturated heterocycles. The number of rotatable bonds is 6. The van der Waals surface area contributed by atoms with Crippen LogP contribution in [0.5, 0.6) is 0 Å². The summed E-state index contributed by atoms with van der Waals surface area (Å²) >= 11 is 0. The molecule has 0 radical (unpaired) electrons. The molecule has 0 aliphatic heterocycles. The molecule has 0 bridgehead atoms. The van der Waals surface area contributed by atoms with E-state index in [-0.39, 0.29) is 43.7 Å². The van der Waals surface area contributed by atoms with E-state index in [1.165, 1.54) is 60.4 Å². The molecule has 0 aromatic heterocycles. The van der Waals surface area contributed by atoms with E-state index >= 15 is 0 Å². The van der Waals surface area contributed by atoms with Crippen molar-refractivity contribution in [1.29, 1.82) is 0 Å². The van der Waals surface area contributed by atoms with Gasteiger partial charge in [-0.2, -0.15) is 6.42 Å². The van der Waals surface area contributed by atoms with Gasteiger partial charge in [0.25, 0.3) is 0 Å². The maximum atomic E-state index is 2.79. The molecule has 1 unspecified atom stereocenters. The van der Waals surface area contributed by atoms with Crippen LogP contribution >= 0.6 is 15.8 Å². The van der Waals surface area contributed by atoms with Crippen LogP contribution in [-0.4, -0.2) is 34.0 Å². The molecule has 0 nitrogen and oxygen atoms in total. The molecule has 6 fully saturated rings. The van der Waals surface area contributed by atoms with Crippen molar-refractivity contribution in [3.63, 3.8) is 0 Å². The van der Waals surface area contributed by atoms with Gasteiger partial charge in [0.1, 0.15) is 0 Å². The first-order chi connectivity index (χ1) is 18.9. The van der Waals surface area contributed by atoms with Gasteiger partial charge in [0.05, 0.1) is 28.3 Å². The quantitative estimate of drug-likeness (QED) is 0.149. The van der Waals surface area contributed by atoms with Crippen LogP contribution in [0.2, 0.25) is 0 Å². The van der Waals surface area contributed by atoms with Crippen LogP contribution in [0, 0.1) is 13.8 Å². The van der Waals surface area contributed by atoms with E-state index in [1.807, 2.05) is 0 Å². The van der Waals surface area contributed by atoms with Gasteiger partial charge in [0.15, 0.2) is 0 Å². The van der Waals surface area contributed by atoms with E-state index in [2.05, 4.69) is 6.42 Å². The summed E-state index contributed by atoms with van der Waals surface area (Å²) in [6.45, 7) is 0. The molecule has 6 rings (SSSR count). The Morgan fingerprint density at radius 2 is 0.600 bits per heavy atom. The van der Waals surface area contributed by atoms with E-state index in [4.69, 9.17) is 0 Å². The summed E-state index contributed by atoms with van der Waals surface area (Å²) < 4.78 is 0. The first-order valence-corrected chi connectivity index (χ1v) is 21.9. The summed E-state index contributed by atoms with van der Waals surface area (Å²) in [6.07, 6.45) is 48.3. The molecular weight excluding hydrogens is 613 g/mol. The summed E-state index contributed by atoms with van der Waals surface area (Å²) in [7, 11) is -0.149. The predicted octanol–water partition coefficient (Wildman–Crippen LogP) is 12.7. The van der Waals surface area contributed by atoms with Crippen LogP contribution in [-0.2, 0) is 20.4 Å². The number of hydrogen-bond acceptors (Lipinski definition) is 0. The molecule has 0 N–H and O–H groups in total. The van der Waals surface area contributed by atoms with Gasteiger partial charge in [-0.1, -0.05) is 44.9 Å². The molecule has 236 valence electrons. The standard InChI is InChI=1S/C18H33P.C18H32P.CH3.Pd/c2*1-4-10-16(11-5-1)19(17-12-6-2-7-13-17)18-14-8-3-9-15-18;;/h16-18H,1-15H2;10,16-18H,1-9,11-15H2;1H3;/q;2*-1;+2/p+2. The third-order valence-electron chi connectivity index (χ3n) is 12.2. The summed E-state index contributed by atoms with van der Waals surface area (Å²) in [5, 5.41) is 0. The summed E-state index contributed by atoms with van der Waals surface area (Å²) in [5.74, 6) is 0. The van der Waals surface area contributed by atoms with Crippen LogP contribution in [0.15, 0.2) is 0 Å². The second-order valence-electron chi connectivity index (χ2n) is 14.8. The molecular formula is C37H70P2Pd+2. The van der Waals surface area contributed by atoms with Crippen LogP contribution in [0.4, 0.5) is 0 Å². The van der Waals surface area contributed by atoms with Crippen molar-refractivity contribution in [2.45, 2.75) is 220 Å². The van der Waals surface area contributed by atoms with E-state index < -0.39 is 0 Å². The average molecular weight is 683 g/mol. The Hall–Kier alpha value is 1.52. The van der Waals surface area contributed by atoms with Gasteiger partial charge < -0.3 is 7.43 Å². The van der Waals surface area contributed by atoms with Crippen molar-refractivity contribution in [2.24, 2.45) is 0 Å². The predicted molar refractivity (Wildman–Crippen MR) is 184 cm³/mol. The summed E-state index contributed by atoms with van der Waals surface area (Å²) in [5.41, 5.74) is 7.17. The molecule has 1 atom stereocenters. The Kier molecular flexibility index (Phi) is 18.5. The van der Waals surface area contributed by atoms with E-state index in [9.17, 15) is 0 Å². The molecule has 0 aromatic carbocycles. The van der Waals surface area contributed by atoms with Gasteiger partial charge in [-0.15, -0.1) is 0 Å². The Bertz CT molecular complexity index is 464. The van der Waals surface area contributed by atoms with Crippen LogP contribution in [0.1, 0.15) is 186 Å². The third kappa shape index (κ3) is 10.8. The Morgan fingerprint density at radius 3 is 0.875 bits per heavy atom. The van der Waals surface area contributed by atoms with Crippen molar-refractivity contribution >= 4 is 15.8 Å². The summed E-state index contributed by atoms with van der Waals surface area (Å²) in [6, 6.07) is 0. The molecule has 6 saturated carbocycles. The fourth-order valence-electron chi connectivity index (χ4n) is 10.4. The summed E-state index contributed by atoms with van der Waals surface area (Å²) in [4.78, 5) is 0. The van der Waals surface area contributed by atoms with Crippen molar-refractivity contribution in [1.82, 2.24) is 0 Å². The molecule has 0 spiro atoms. The Balaban J connectivity index is 0.000000210. The second-order valence-corrected chi connectivity index (χ2v) is 21.6. The SMILES string of the molecule is C1CCC([PH+](C2CCCCC2)C2CCCCC2)CC1.[CH-]1CCCCC1[PH+](C1CCCCC1)C1CCCCC1.[CH3-].[Pd+2]. The molecule has 0 aromatic rings. The van der Waals surface area contributed by atoms with Crippen molar-refractivity contribution in [2.75, 3.05) is 0 Å². The second kappa shape index (κ2) is 20.5. The van der Waals surface area contributed by atoms with Crippen LogP contribution in [0.25, 0.3) is 0 Å². The van der Waals surface area contributed by atoms with Gasteiger partial charge in [0, 0.05) is 7.92 Å². The van der Waals surface area contributed by atoms with Crippen molar-refractivity contribution in [3.8, 4) is 0 Å². The monoisotopic (exact) mass is 682 g/mol. The van der Waals surface area contributed by atoms with Gasteiger partial charge in [0.2, 0.25) is 0 Å². The minimum atomic E-state index is -0.102. The molecule has 3 heteroatoms. The zero-order valence-electron chi connectivity index (χ0n) is 26.9. The smallest absolute Gasteiger partial charge is 0.358 e. The first kappa shape index (κ1) is 36.0. The third-order valence-corrected chi connectivity index (χ3v) is 21.2. The first-order valence-electron chi connectivity index (χ1n) is 18.5. The Morgan fingerprint density at radius 1 is 0.325 bits per heavy atom. The molecule has 0 heterocycles. The topological polar surface area (TPSA) is 0 Å². The number of hydrogen-bond donors (Lipinski definition) is 0.